The molecule has 39 heavy (non-hydrogen) atoms. The fourth-order valence-corrected chi connectivity index (χ4v) is 6.50. The fourth-order valence-electron chi connectivity index (χ4n) is 5.20. The summed E-state index contributed by atoms with van der Waals surface area (Å²) in [5, 5.41) is 10.1. The number of aromatic nitrogens is 5. The highest BCUT2D eigenvalue weighted by molar-refractivity contribution is 7.90. The Balaban J connectivity index is 1.30. The first-order valence-electron chi connectivity index (χ1n) is 13.0. The van der Waals surface area contributed by atoms with Crippen molar-refractivity contribution in [3.05, 3.63) is 53.6 Å². The second-order valence-corrected chi connectivity index (χ2v) is 13.4. The van der Waals surface area contributed by atoms with Gasteiger partial charge in [0, 0.05) is 48.4 Å². The summed E-state index contributed by atoms with van der Waals surface area (Å²) in [5.41, 5.74) is 9.26. The molecule has 2 fully saturated rings. The lowest BCUT2D eigenvalue weighted by Gasteiger charge is -2.47. The molecule has 2 aliphatic rings. The molecule has 4 aromatic rings. The summed E-state index contributed by atoms with van der Waals surface area (Å²) in [7, 11) is -3.09. The predicted molar refractivity (Wildman–Crippen MR) is 154 cm³/mol. The minimum absolute atomic E-state index is 0.0898. The molecular formula is C27H31ClN8O2S. The molecule has 3 aromatic heterocycles. The average Bonchev–Trinajstić information content (AvgIpc) is 3.66. The fraction of sp³-hybridized carbons (Fsp3) is 0.407. The van der Waals surface area contributed by atoms with Crippen molar-refractivity contribution in [3.8, 4) is 11.4 Å². The quantitative estimate of drug-likeness (QED) is 0.316. The van der Waals surface area contributed by atoms with Crippen molar-refractivity contribution in [2.75, 3.05) is 28.8 Å². The molecular weight excluding hydrogens is 536 g/mol. The summed E-state index contributed by atoms with van der Waals surface area (Å²) in [4.78, 5) is 15.8. The van der Waals surface area contributed by atoms with Crippen molar-refractivity contribution in [3.63, 3.8) is 0 Å². The van der Waals surface area contributed by atoms with E-state index in [0.29, 0.717) is 40.8 Å². The lowest BCUT2D eigenvalue weighted by molar-refractivity contribution is 0.328. The zero-order valence-electron chi connectivity index (χ0n) is 22.0. The third-order valence-electron chi connectivity index (χ3n) is 7.39. The monoisotopic (exact) mass is 566 g/mol. The number of benzene rings is 1. The Morgan fingerprint density at radius 3 is 2.64 bits per heavy atom. The Kier molecular flexibility index (Phi) is 6.47. The first-order valence-corrected chi connectivity index (χ1v) is 15.5. The molecule has 0 amide bonds. The SMILES string of the molecule is CC(C)c1ccc(N2C[C@H](CS(C)(=O)=O)[C@H]2N)c2cnc(Nc3ccnc(-c4cn(C5CC5)nc4Cl)n3)cc12. The first-order chi connectivity index (χ1) is 18.6. The molecule has 4 heterocycles. The lowest BCUT2D eigenvalue weighted by atomic mass is 9.92. The van der Waals surface area contributed by atoms with E-state index < -0.39 is 9.84 Å². The van der Waals surface area contributed by atoms with Gasteiger partial charge in [0.2, 0.25) is 0 Å². The van der Waals surface area contributed by atoms with Gasteiger partial charge in [-0.3, -0.25) is 4.68 Å². The van der Waals surface area contributed by atoms with Crippen molar-refractivity contribution >= 4 is 49.5 Å². The summed E-state index contributed by atoms with van der Waals surface area (Å²) in [6.45, 7) is 4.90. The molecule has 1 saturated carbocycles. The minimum Gasteiger partial charge on any atom is -0.355 e. The Hall–Kier alpha value is -3.28. The van der Waals surface area contributed by atoms with E-state index in [-0.39, 0.29) is 23.8 Å². The highest BCUT2D eigenvalue weighted by Gasteiger charge is 2.39. The van der Waals surface area contributed by atoms with Crippen LogP contribution in [-0.4, -0.2) is 57.9 Å². The smallest absolute Gasteiger partial charge is 0.166 e. The van der Waals surface area contributed by atoms with Crippen molar-refractivity contribution < 1.29 is 8.42 Å². The Morgan fingerprint density at radius 1 is 1.15 bits per heavy atom. The van der Waals surface area contributed by atoms with Gasteiger partial charge in [0.15, 0.2) is 11.0 Å². The summed E-state index contributed by atoms with van der Waals surface area (Å²) >= 11 is 6.40. The molecule has 12 heteroatoms. The second-order valence-electron chi connectivity index (χ2n) is 10.9. The van der Waals surface area contributed by atoms with Crippen LogP contribution in [0.2, 0.25) is 5.15 Å². The summed E-state index contributed by atoms with van der Waals surface area (Å²) in [6.07, 6.45) is 8.55. The number of sulfone groups is 1. The molecule has 0 spiro atoms. The number of fused-ring (bicyclic) bond motifs is 1. The van der Waals surface area contributed by atoms with Crippen LogP contribution in [0.5, 0.6) is 0 Å². The van der Waals surface area contributed by atoms with Crippen molar-refractivity contribution in [1.29, 1.82) is 0 Å². The van der Waals surface area contributed by atoms with Gasteiger partial charge >= 0.3 is 0 Å². The average molecular weight is 567 g/mol. The van der Waals surface area contributed by atoms with Gasteiger partial charge in [-0.25, -0.2) is 23.4 Å². The van der Waals surface area contributed by atoms with Crippen LogP contribution in [0.4, 0.5) is 17.3 Å². The van der Waals surface area contributed by atoms with Crippen LogP contribution in [-0.2, 0) is 9.84 Å². The minimum atomic E-state index is -3.09. The number of hydrogen-bond donors (Lipinski definition) is 2. The van der Waals surface area contributed by atoms with Gasteiger partial charge in [-0.2, -0.15) is 5.10 Å². The zero-order valence-corrected chi connectivity index (χ0v) is 23.6. The Bertz CT molecular complexity index is 1670. The molecule has 0 unspecified atom stereocenters. The second kappa shape index (κ2) is 9.72. The van der Waals surface area contributed by atoms with Gasteiger partial charge in [0.1, 0.15) is 21.5 Å². The predicted octanol–water partition coefficient (Wildman–Crippen LogP) is 4.51. The number of rotatable bonds is 8. The largest absolute Gasteiger partial charge is 0.355 e. The number of pyridine rings is 1. The van der Waals surface area contributed by atoms with E-state index >= 15 is 0 Å². The molecule has 1 aliphatic heterocycles. The Labute approximate surface area is 232 Å². The number of nitrogens with one attached hydrogen (secondary N) is 1. The van der Waals surface area contributed by atoms with E-state index in [1.165, 1.54) is 11.8 Å². The van der Waals surface area contributed by atoms with E-state index in [2.05, 4.69) is 56.2 Å². The molecule has 10 nitrogen and oxygen atoms in total. The molecule has 0 bridgehead atoms. The molecule has 1 saturated heterocycles. The van der Waals surface area contributed by atoms with Gasteiger partial charge in [0.25, 0.3) is 0 Å². The van der Waals surface area contributed by atoms with Crippen LogP contribution in [0, 0.1) is 5.92 Å². The number of halogens is 1. The summed E-state index contributed by atoms with van der Waals surface area (Å²) < 4.78 is 25.5. The van der Waals surface area contributed by atoms with E-state index in [0.717, 1.165) is 29.3 Å². The molecule has 204 valence electrons. The molecule has 0 radical (unpaired) electrons. The number of hydrogen-bond acceptors (Lipinski definition) is 9. The topological polar surface area (TPSA) is 132 Å². The highest BCUT2D eigenvalue weighted by Crippen LogP contribution is 2.39. The van der Waals surface area contributed by atoms with E-state index in [1.807, 2.05) is 23.1 Å². The van der Waals surface area contributed by atoms with Crippen LogP contribution < -0.4 is 16.0 Å². The lowest BCUT2D eigenvalue weighted by Crippen LogP contribution is -2.63. The first kappa shape index (κ1) is 26.0. The van der Waals surface area contributed by atoms with Gasteiger partial charge in [-0.15, -0.1) is 0 Å². The van der Waals surface area contributed by atoms with E-state index in [1.54, 1.807) is 12.3 Å². The number of anilines is 3. The van der Waals surface area contributed by atoms with Crippen LogP contribution >= 0.6 is 11.6 Å². The van der Waals surface area contributed by atoms with Crippen LogP contribution in [0.1, 0.15) is 44.2 Å². The molecule has 2 atom stereocenters. The van der Waals surface area contributed by atoms with Gasteiger partial charge < -0.3 is 16.0 Å². The standard InChI is InChI=1S/C27H31ClN8O2S/c1-15(2)18-6-7-22(35-12-16(26(35)29)14-39(3,37)38)20-11-31-24(10-19(18)20)32-23-8-9-30-27(33-23)21-13-36(17-4-5-17)34-25(21)28/h6-11,13,15-17,26H,4-5,12,14,29H2,1-3H3,(H,30,31,32,33)/t16-,26+/m1/s1. The number of nitrogens with zero attached hydrogens (tertiary/aromatic N) is 6. The van der Waals surface area contributed by atoms with Crippen molar-refractivity contribution in [2.24, 2.45) is 11.7 Å². The normalized spacial score (nSPS) is 19.5. The maximum Gasteiger partial charge on any atom is 0.166 e. The molecule has 3 N–H and O–H groups in total. The maximum atomic E-state index is 11.8. The van der Waals surface area contributed by atoms with Crippen molar-refractivity contribution in [2.45, 2.75) is 44.8 Å². The van der Waals surface area contributed by atoms with Crippen LogP contribution in [0.3, 0.4) is 0 Å². The molecule has 1 aromatic carbocycles. The summed E-state index contributed by atoms with van der Waals surface area (Å²) in [6, 6.07) is 8.40. The maximum absolute atomic E-state index is 11.8. The third-order valence-corrected chi connectivity index (χ3v) is 8.71. The van der Waals surface area contributed by atoms with Crippen LogP contribution in [0.15, 0.2) is 42.9 Å². The van der Waals surface area contributed by atoms with E-state index in [4.69, 9.17) is 17.3 Å². The highest BCUT2D eigenvalue weighted by atomic mass is 35.5. The van der Waals surface area contributed by atoms with Crippen molar-refractivity contribution in [1.82, 2.24) is 24.7 Å². The van der Waals surface area contributed by atoms with Crippen LogP contribution in [0.25, 0.3) is 22.2 Å². The molecule has 1 aliphatic carbocycles. The van der Waals surface area contributed by atoms with Gasteiger partial charge in [-0.1, -0.05) is 31.5 Å². The van der Waals surface area contributed by atoms with E-state index in [9.17, 15) is 8.42 Å². The molecule has 6 rings (SSSR count). The zero-order chi connectivity index (χ0) is 27.5. The summed E-state index contributed by atoms with van der Waals surface area (Å²) in [5.74, 6) is 2.03. The number of nitrogens with two attached hydrogens (primary N) is 1. The third kappa shape index (κ3) is 5.18. The Morgan fingerprint density at radius 2 is 1.95 bits per heavy atom. The van der Waals surface area contributed by atoms with Gasteiger partial charge in [0.05, 0.1) is 23.5 Å². The van der Waals surface area contributed by atoms with Gasteiger partial charge in [-0.05, 0) is 47.9 Å².